The van der Waals surface area contributed by atoms with Crippen LogP contribution in [0.2, 0.25) is 0 Å². The molecule has 1 saturated heterocycles. The van der Waals surface area contributed by atoms with Crippen molar-refractivity contribution in [3.63, 3.8) is 0 Å². The molecule has 1 aliphatic carbocycles. The number of hydrogen-bond acceptors (Lipinski definition) is 2. The average Bonchev–Trinajstić information content (AvgIpc) is 2.25. The highest BCUT2D eigenvalue weighted by atomic mass is 16.2. The molecule has 92 valence electrons. The van der Waals surface area contributed by atoms with Crippen LogP contribution in [-0.2, 0) is 4.79 Å². The van der Waals surface area contributed by atoms with Gasteiger partial charge in [-0.25, -0.2) is 0 Å². The van der Waals surface area contributed by atoms with Crippen molar-refractivity contribution < 1.29 is 4.79 Å². The van der Waals surface area contributed by atoms with E-state index in [0.717, 1.165) is 32.5 Å². The summed E-state index contributed by atoms with van der Waals surface area (Å²) in [5.74, 6) is 0.754. The third-order valence-corrected chi connectivity index (χ3v) is 4.00. The summed E-state index contributed by atoms with van der Waals surface area (Å²) in [5.41, 5.74) is 0. The normalized spacial score (nSPS) is 26.2. The van der Waals surface area contributed by atoms with Gasteiger partial charge in [0.15, 0.2) is 0 Å². The molecule has 1 N–H and O–H groups in total. The topological polar surface area (TPSA) is 32.3 Å². The van der Waals surface area contributed by atoms with Crippen LogP contribution in [0.25, 0.3) is 0 Å². The van der Waals surface area contributed by atoms with E-state index in [1.54, 1.807) is 0 Å². The number of rotatable bonds is 4. The Morgan fingerprint density at radius 2 is 2.06 bits per heavy atom. The zero-order chi connectivity index (χ0) is 11.4. The summed E-state index contributed by atoms with van der Waals surface area (Å²) in [4.78, 5) is 14.2. The Morgan fingerprint density at radius 3 is 2.56 bits per heavy atom. The number of carbonyl (C=O) groups excluding carboxylic acids is 1. The van der Waals surface area contributed by atoms with E-state index < -0.39 is 0 Å². The molecule has 3 nitrogen and oxygen atoms in total. The molecule has 0 aromatic rings. The van der Waals surface area contributed by atoms with Crippen LogP contribution in [0.1, 0.15) is 45.4 Å². The number of carbonyl (C=O) groups is 1. The zero-order valence-electron chi connectivity index (χ0n) is 10.4. The van der Waals surface area contributed by atoms with Gasteiger partial charge in [0.2, 0.25) is 5.91 Å². The van der Waals surface area contributed by atoms with Crippen molar-refractivity contribution in [1.82, 2.24) is 10.2 Å². The van der Waals surface area contributed by atoms with E-state index >= 15 is 0 Å². The molecule has 1 heterocycles. The summed E-state index contributed by atoms with van der Waals surface area (Å²) in [6.45, 7) is 5.01. The van der Waals surface area contributed by atoms with Crippen molar-refractivity contribution in [3.8, 4) is 0 Å². The largest absolute Gasteiger partial charge is 0.341 e. The Kier molecular flexibility index (Phi) is 4.22. The Balaban J connectivity index is 1.81. The van der Waals surface area contributed by atoms with Crippen molar-refractivity contribution >= 4 is 5.91 Å². The van der Waals surface area contributed by atoms with Crippen LogP contribution in [0.15, 0.2) is 0 Å². The minimum absolute atomic E-state index is 0.351. The van der Waals surface area contributed by atoms with E-state index in [1.807, 2.05) is 0 Å². The Hall–Kier alpha value is -0.570. The van der Waals surface area contributed by atoms with Crippen LogP contribution in [-0.4, -0.2) is 36.5 Å². The maximum Gasteiger partial charge on any atom is 0.225 e. The maximum atomic E-state index is 12.1. The number of likely N-dealkylation sites (N-methyl/N-ethyl adjacent to an activating group) is 1. The van der Waals surface area contributed by atoms with E-state index in [4.69, 9.17) is 0 Å². The zero-order valence-corrected chi connectivity index (χ0v) is 10.4. The second-order valence-electron chi connectivity index (χ2n) is 5.15. The summed E-state index contributed by atoms with van der Waals surface area (Å²) in [6.07, 6.45) is 7.32. The molecule has 1 saturated carbocycles. The molecule has 0 bridgehead atoms. The number of amides is 1. The highest BCUT2D eigenvalue weighted by molar-refractivity contribution is 5.79. The van der Waals surface area contributed by atoms with E-state index in [2.05, 4.69) is 17.1 Å². The molecule has 1 amide bonds. The standard InChI is InChI=1S/C13H24N2O/c1-2-15(13(16)11-6-5-7-11)10-12-8-3-4-9-14-12/h11-12,14H,2-10H2,1H3. The summed E-state index contributed by atoms with van der Waals surface area (Å²) in [5, 5.41) is 3.52. The third-order valence-electron chi connectivity index (χ3n) is 4.00. The van der Waals surface area contributed by atoms with Crippen LogP contribution in [0.5, 0.6) is 0 Å². The van der Waals surface area contributed by atoms with Gasteiger partial charge in [-0.05, 0) is 39.2 Å². The molecular weight excluding hydrogens is 200 g/mol. The average molecular weight is 224 g/mol. The van der Waals surface area contributed by atoms with Gasteiger partial charge in [0.05, 0.1) is 0 Å². The lowest BCUT2D eigenvalue weighted by molar-refractivity contribution is -0.138. The van der Waals surface area contributed by atoms with Gasteiger partial charge in [-0.1, -0.05) is 12.8 Å². The Morgan fingerprint density at radius 1 is 1.25 bits per heavy atom. The number of hydrogen-bond donors (Lipinski definition) is 1. The molecule has 0 aromatic heterocycles. The van der Waals surface area contributed by atoms with Gasteiger partial charge >= 0.3 is 0 Å². The molecule has 2 rings (SSSR count). The van der Waals surface area contributed by atoms with Crippen LogP contribution < -0.4 is 5.32 Å². The highest BCUT2D eigenvalue weighted by Crippen LogP contribution is 2.28. The highest BCUT2D eigenvalue weighted by Gasteiger charge is 2.29. The molecule has 1 atom stereocenters. The van der Waals surface area contributed by atoms with Crippen molar-refractivity contribution in [2.75, 3.05) is 19.6 Å². The number of nitrogens with one attached hydrogen (secondary N) is 1. The van der Waals surface area contributed by atoms with Crippen LogP contribution in [0, 0.1) is 5.92 Å². The maximum absolute atomic E-state index is 12.1. The van der Waals surface area contributed by atoms with Gasteiger partial charge in [0.25, 0.3) is 0 Å². The first kappa shape index (κ1) is 11.9. The summed E-state index contributed by atoms with van der Waals surface area (Å²) in [7, 11) is 0. The van der Waals surface area contributed by atoms with E-state index in [9.17, 15) is 4.79 Å². The van der Waals surface area contributed by atoms with Gasteiger partial charge < -0.3 is 10.2 Å². The lowest BCUT2D eigenvalue weighted by Gasteiger charge is -2.34. The summed E-state index contributed by atoms with van der Waals surface area (Å²) >= 11 is 0. The van der Waals surface area contributed by atoms with Crippen molar-refractivity contribution in [2.24, 2.45) is 5.92 Å². The lowest BCUT2D eigenvalue weighted by atomic mass is 9.84. The van der Waals surface area contributed by atoms with E-state index in [0.29, 0.717) is 17.9 Å². The SMILES string of the molecule is CCN(CC1CCCCN1)C(=O)C1CCC1. The molecule has 2 fully saturated rings. The predicted molar refractivity (Wildman–Crippen MR) is 65.2 cm³/mol. The predicted octanol–water partition coefficient (Wildman–Crippen LogP) is 1.78. The second kappa shape index (κ2) is 5.67. The van der Waals surface area contributed by atoms with Gasteiger partial charge in [0.1, 0.15) is 0 Å². The fourth-order valence-electron chi connectivity index (χ4n) is 2.63. The molecule has 3 heteroatoms. The summed E-state index contributed by atoms with van der Waals surface area (Å²) < 4.78 is 0. The first-order chi connectivity index (χ1) is 7.81. The van der Waals surface area contributed by atoms with E-state index in [1.165, 1.54) is 25.7 Å². The lowest BCUT2D eigenvalue weighted by Crippen LogP contribution is -2.48. The van der Waals surface area contributed by atoms with Crippen LogP contribution in [0.3, 0.4) is 0 Å². The minimum atomic E-state index is 0.351. The third kappa shape index (κ3) is 2.76. The van der Waals surface area contributed by atoms with Crippen LogP contribution >= 0.6 is 0 Å². The smallest absolute Gasteiger partial charge is 0.225 e. The van der Waals surface area contributed by atoms with Gasteiger partial charge in [-0.15, -0.1) is 0 Å². The van der Waals surface area contributed by atoms with Gasteiger partial charge in [0, 0.05) is 25.0 Å². The minimum Gasteiger partial charge on any atom is -0.341 e. The quantitative estimate of drug-likeness (QED) is 0.789. The molecule has 16 heavy (non-hydrogen) atoms. The van der Waals surface area contributed by atoms with Gasteiger partial charge in [-0.2, -0.15) is 0 Å². The molecule has 0 spiro atoms. The number of piperidine rings is 1. The van der Waals surface area contributed by atoms with Crippen molar-refractivity contribution in [3.05, 3.63) is 0 Å². The first-order valence-electron chi connectivity index (χ1n) is 6.83. The molecule has 0 radical (unpaired) electrons. The Bertz CT molecular complexity index is 232. The molecule has 1 aliphatic heterocycles. The molecule has 1 unspecified atom stereocenters. The second-order valence-corrected chi connectivity index (χ2v) is 5.15. The van der Waals surface area contributed by atoms with Crippen molar-refractivity contribution in [2.45, 2.75) is 51.5 Å². The molecule has 0 aromatic carbocycles. The van der Waals surface area contributed by atoms with Crippen molar-refractivity contribution in [1.29, 1.82) is 0 Å². The fourth-order valence-corrected chi connectivity index (χ4v) is 2.63. The first-order valence-corrected chi connectivity index (χ1v) is 6.83. The Labute approximate surface area is 98.6 Å². The summed E-state index contributed by atoms with van der Waals surface area (Å²) in [6, 6.07) is 0.540. The van der Waals surface area contributed by atoms with Crippen LogP contribution in [0.4, 0.5) is 0 Å². The molecular formula is C13H24N2O. The van der Waals surface area contributed by atoms with Gasteiger partial charge in [-0.3, -0.25) is 4.79 Å². The monoisotopic (exact) mass is 224 g/mol. The molecule has 2 aliphatic rings. The number of nitrogens with zero attached hydrogens (tertiary/aromatic N) is 1. The van der Waals surface area contributed by atoms with E-state index in [-0.39, 0.29) is 0 Å². The fraction of sp³-hybridized carbons (Fsp3) is 0.923.